The van der Waals surface area contributed by atoms with Crippen molar-refractivity contribution < 1.29 is 4.52 Å². The maximum Gasteiger partial charge on any atom is 0.223 e. The zero-order valence-electron chi connectivity index (χ0n) is 11.4. The first-order valence-corrected chi connectivity index (χ1v) is 7.24. The fraction of sp³-hybridized carbons (Fsp3) is 0.500. The van der Waals surface area contributed by atoms with E-state index < -0.39 is 0 Å². The molecule has 1 atom stereocenters. The Morgan fingerprint density at radius 2 is 2.40 bits per heavy atom. The average Bonchev–Trinajstić information content (AvgIpc) is 2.85. The molecule has 0 aliphatic carbocycles. The Morgan fingerprint density at radius 3 is 3.15 bits per heavy atom. The summed E-state index contributed by atoms with van der Waals surface area (Å²) in [7, 11) is 0. The number of nitrogens with zero attached hydrogens (tertiary/aromatic N) is 4. The van der Waals surface area contributed by atoms with Gasteiger partial charge < -0.3 is 9.42 Å². The van der Waals surface area contributed by atoms with Gasteiger partial charge in [0.1, 0.15) is 0 Å². The van der Waals surface area contributed by atoms with Crippen LogP contribution in [0.25, 0.3) is 0 Å². The molecule has 1 aliphatic rings. The molecule has 1 fully saturated rings. The summed E-state index contributed by atoms with van der Waals surface area (Å²) < 4.78 is 5.03. The molecule has 1 unspecified atom stereocenters. The number of rotatable bonds is 3. The van der Waals surface area contributed by atoms with Crippen LogP contribution in [0.5, 0.6) is 0 Å². The normalized spacial score (nSPS) is 19.3. The molecule has 0 aromatic carbocycles. The van der Waals surface area contributed by atoms with Crippen LogP contribution in [0.4, 0.5) is 5.69 Å². The first kappa shape index (κ1) is 13.4. The number of piperidine rings is 1. The maximum atomic E-state index is 6.22. The number of anilines is 1. The summed E-state index contributed by atoms with van der Waals surface area (Å²) in [6.07, 6.45) is 6.68. The monoisotopic (exact) mass is 292 g/mol. The molecule has 0 radical (unpaired) electrons. The third-order valence-corrected chi connectivity index (χ3v) is 3.94. The highest BCUT2D eigenvalue weighted by Gasteiger charge is 2.23. The number of hydrogen-bond acceptors (Lipinski definition) is 5. The Bertz CT molecular complexity index is 586. The standard InChI is InChI=1S/C14H17ClN4O/c1-10-17-14(18-20-10)7-11-3-2-6-19(9-11)13-4-5-16-8-12(13)15/h4-5,8,11H,2-3,6-7,9H2,1H3. The van der Waals surface area contributed by atoms with Crippen LogP contribution in [0.2, 0.25) is 5.02 Å². The van der Waals surface area contributed by atoms with Crippen LogP contribution in [0.3, 0.4) is 0 Å². The van der Waals surface area contributed by atoms with Crippen LogP contribution in [0.1, 0.15) is 24.6 Å². The van der Waals surface area contributed by atoms with Gasteiger partial charge in [-0.25, -0.2) is 0 Å². The second-order valence-electron chi connectivity index (χ2n) is 5.22. The van der Waals surface area contributed by atoms with Gasteiger partial charge >= 0.3 is 0 Å². The largest absolute Gasteiger partial charge is 0.370 e. The lowest BCUT2D eigenvalue weighted by atomic mass is 9.94. The minimum atomic E-state index is 0.532. The summed E-state index contributed by atoms with van der Waals surface area (Å²) in [4.78, 5) is 10.7. The summed E-state index contributed by atoms with van der Waals surface area (Å²) in [6.45, 7) is 3.82. The lowest BCUT2D eigenvalue weighted by Gasteiger charge is -2.34. The van der Waals surface area contributed by atoms with Crippen molar-refractivity contribution in [2.24, 2.45) is 5.92 Å². The Kier molecular flexibility index (Phi) is 3.87. The molecule has 0 N–H and O–H groups in total. The van der Waals surface area contributed by atoms with Gasteiger partial charge in [0.05, 0.1) is 10.7 Å². The van der Waals surface area contributed by atoms with Crippen LogP contribution in [-0.4, -0.2) is 28.2 Å². The number of halogens is 1. The van der Waals surface area contributed by atoms with E-state index in [1.165, 1.54) is 6.42 Å². The van der Waals surface area contributed by atoms with Crippen LogP contribution < -0.4 is 4.90 Å². The van der Waals surface area contributed by atoms with Crippen molar-refractivity contribution in [2.45, 2.75) is 26.2 Å². The van der Waals surface area contributed by atoms with Crippen molar-refractivity contribution in [1.29, 1.82) is 0 Å². The average molecular weight is 293 g/mol. The summed E-state index contributed by atoms with van der Waals surface area (Å²) in [5.41, 5.74) is 1.07. The Hall–Kier alpha value is -1.62. The van der Waals surface area contributed by atoms with Gasteiger partial charge in [0.25, 0.3) is 0 Å². The van der Waals surface area contributed by atoms with E-state index in [0.29, 0.717) is 16.8 Å². The van der Waals surface area contributed by atoms with Crippen molar-refractivity contribution in [1.82, 2.24) is 15.1 Å². The minimum Gasteiger partial charge on any atom is -0.370 e. The molecule has 20 heavy (non-hydrogen) atoms. The van der Waals surface area contributed by atoms with E-state index >= 15 is 0 Å². The maximum absolute atomic E-state index is 6.22. The van der Waals surface area contributed by atoms with Crippen molar-refractivity contribution >= 4 is 17.3 Å². The van der Waals surface area contributed by atoms with Gasteiger partial charge in [-0.05, 0) is 24.8 Å². The summed E-state index contributed by atoms with van der Waals surface area (Å²) in [5.74, 6) is 1.96. The number of pyridine rings is 1. The Balaban J connectivity index is 1.69. The van der Waals surface area contributed by atoms with Gasteiger partial charge in [0.2, 0.25) is 5.89 Å². The molecule has 6 heteroatoms. The van der Waals surface area contributed by atoms with Crippen LogP contribution in [-0.2, 0) is 6.42 Å². The van der Waals surface area contributed by atoms with Crippen molar-refractivity contribution in [3.8, 4) is 0 Å². The molecule has 3 rings (SSSR count). The van der Waals surface area contributed by atoms with E-state index in [1.807, 2.05) is 13.0 Å². The minimum absolute atomic E-state index is 0.532. The van der Waals surface area contributed by atoms with Crippen molar-refractivity contribution in [2.75, 3.05) is 18.0 Å². The number of aryl methyl sites for hydroxylation is 1. The fourth-order valence-electron chi connectivity index (χ4n) is 2.76. The van der Waals surface area contributed by atoms with Crippen molar-refractivity contribution in [3.05, 3.63) is 35.2 Å². The second-order valence-corrected chi connectivity index (χ2v) is 5.62. The molecule has 1 aliphatic heterocycles. The lowest BCUT2D eigenvalue weighted by Crippen LogP contribution is -2.36. The van der Waals surface area contributed by atoms with Crippen LogP contribution in [0.15, 0.2) is 23.0 Å². The molecular formula is C14H17ClN4O. The van der Waals surface area contributed by atoms with Gasteiger partial charge in [-0.1, -0.05) is 16.8 Å². The number of hydrogen-bond donors (Lipinski definition) is 0. The topological polar surface area (TPSA) is 55.1 Å². The molecule has 0 spiro atoms. The van der Waals surface area contributed by atoms with E-state index in [-0.39, 0.29) is 0 Å². The highest BCUT2D eigenvalue weighted by molar-refractivity contribution is 6.33. The van der Waals surface area contributed by atoms with E-state index in [1.54, 1.807) is 12.4 Å². The summed E-state index contributed by atoms with van der Waals surface area (Å²) in [6, 6.07) is 1.98. The first-order valence-electron chi connectivity index (χ1n) is 6.86. The van der Waals surface area contributed by atoms with Crippen LogP contribution >= 0.6 is 11.6 Å². The molecule has 0 bridgehead atoms. The lowest BCUT2D eigenvalue weighted by molar-refractivity contribution is 0.370. The van der Waals surface area contributed by atoms with Gasteiger partial charge in [0, 0.05) is 38.8 Å². The molecule has 106 valence electrons. The predicted octanol–water partition coefficient (Wildman–Crippen LogP) is 2.89. The summed E-state index contributed by atoms with van der Waals surface area (Å²) in [5, 5.41) is 4.70. The smallest absolute Gasteiger partial charge is 0.223 e. The van der Waals surface area contributed by atoms with Crippen LogP contribution in [0, 0.1) is 12.8 Å². The molecule has 2 aromatic rings. The van der Waals surface area contributed by atoms with Gasteiger partial charge in [0.15, 0.2) is 5.82 Å². The quantitative estimate of drug-likeness (QED) is 0.870. The highest BCUT2D eigenvalue weighted by Crippen LogP contribution is 2.29. The zero-order valence-corrected chi connectivity index (χ0v) is 12.2. The molecule has 5 nitrogen and oxygen atoms in total. The molecule has 3 heterocycles. The molecule has 1 saturated heterocycles. The van der Waals surface area contributed by atoms with Gasteiger partial charge in [-0.2, -0.15) is 4.98 Å². The third-order valence-electron chi connectivity index (χ3n) is 3.65. The van der Waals surface area contributed by atoms with E-state index in [2.05, 4.69) is 20.0 Å². The highest BCUT2D eigenvalue weighted by atomic mass is 35.5. The number of aromatic nitrogens is 3. The molecular weight excluding hydrogens is 276 g/mol. The Labute approximate surface area is 123 Å². The van der Waals surface area contributed by atoms with E-state index in [9.17, 15) is 0 Å². The fourth-order valence-corrected chi connectivity index (χ4v) is 3.00. The van der Waals surface area contributed by atoms with E-state index in [4.69, 9.17) is 16.1 Å². The molecule has 2 aromatic heterocycles. The van der Waals surface area contributed by atoms with Gasteiger partial charge in [-0.3, -0.25) is 4.98 Å². The third kappa shape index (κ3) is 2.93. The molecule has 0 amide bonds. The van der Waals surface area contributed by atoms with Gasteiger partial charge in [-0.15, -0.1) is 0 Å². The SMILES string of the molecule is Cc1nc(CC2CCCN(c3ccncc3Cl)C2)no1. The molecule has 0 saturated carbocycles. The first-order chi connectivity index (χ1) is 9.72. The van der Waals surface area contributed by atoms with E-state index in [0.717, 1.165) is 37.4 Å². The Morgan fingerprint density at radius 1 is 1.50 bits per heavy atom. The predicted molar refractivity (Wildman–Crippen MR) is 76.9 cm³/mol. The second kappa shape index (κ2) is 5.79. The van der Waals surface area contributed by atoms with Crippen molar-refractivity contribution in [3.63, 3.8) is 0 Å². The summed E-state index contributed by atoms with van der Waals surface area (Å²) >= 11 is 6.22. The zero-order chi connectivity index (χ0) is 13.9.